The van der Waals surface area contributed by atoms with E-state index in [-0.39, 0.29) is 17.3 Å². The number of rotatable bonds is 7. The van der Waals surface area contributed by atoms with Gasteiger partial charge in [-0.2, -0.15) is 0 Å². The fourth-order valence-electron chi connectivity index (χ4n) is 3.47. The second kappa shape index (κ2) is 9.59. The molecule has 1 amide bonds. The van der Waals surface area contributed by atoms with Crippen LogP contribution < -0.4 is 10.1 Å². The maximum Gasteiger partial charge on any atom is 0.234 e. The fourth-order valence-corrected chi connectivity index (χ4v) is 6.31. The predicted molar refractivity (Wildman–Crippen MR) is 133 cm³/mol. The molecule has 32 heavy (non-hydrogen) atoms. The molecule has 1 N–H and O–H groups in total. The van der Waals surface area contributed by atoms with Gasteiger partial charge in [0.25, 0.3) is 0 Å². The first-order chi connectivity index (χ1) is 15.2. The molecule has 0 radical (unpaired) electrons. The Morgan fingerprint density at radius 1 is 1.28 bits per heavy atom. The summed E-state index contributed by atoms with van der Waals surface area (Å²) < 4.78 is 11.2. The van der Waals surface area contributed by atoms with Gasteiger partial charge in [0, 0.05) is 27.6 Å². The molecular formula is C23H27N3O3S3. The molecule has 1 aliphatic rings. The molecule has 0 spiro atoms. The van der Waals surface area contributed by atoms with E-state index in [1.807, 2.05) is 24.3 Å². The molecule has 0 fully saturated rings. The van der Waals surface area contributed by atoms with Gasteiger partial charge in [-0.1, -0.05) is 37.4 Å². The zero-order chi connectivity index (χ0) is 22.9. The van der Waals surface area contributed by atoms with Crippen LogP contribution >= 0.6 is 34.9 Å². The standard InChI is InChI=1S/C23H27N3O3S3/c1-13(2)31-22-25-20(30-12-18(27)24-14-6-8-15(28-5)9-7-14)19-16-10-23(3,4)29-11-17(16)32-21(19)26-22/h6-9,13H,10-12H2,1-5H3,(H,24,27). The molecule has 0 atom stereocenters. The number of thioether (sulfide) groups is 2. The Labute approximate surface area is 200 Å². The van der Waals surface area contributed by atoms with Crippen molar-refractivity contribution in [3.8, 4) is 5.75 Å². The number of thiophene rings is 1. The van der Waals surface area contributed by atoms with E-state index in [0.717, 1.165) is 38.3 Å². The molecular weight excluding hydrogens is 462 g/mol. The molecule has 0 unspecified atom stereocenters. The maximum atomic E-state index is 12.6. The summed E-state index contributed by atoms with van der Waals surface area (Å²) in [6.45, 7) is 9.07. The highest BCUT2D eigenvalue weighted by Gasteiger charge is 2.31. The van der Waals surface area contributed by atoms with Gasteiger partial charge >= 0.3 is 0 Å². The summed E-state index contributed by atoms with van der Waals surface area (Å²) in [7, 11) is 1.62. The summed E-state index contributed by atoms with van der Waals surface area (Å²) in [4.78, 5) is 24.5. The lowest BCUT2D eigenvalue weighted by Gasteiger charge is -2.30. The Morgan fingerprint density at radius 2 is 2.03 bits per heavy atom. The van der Waals surface area contributed by atoms with E-state index in [1.165, 1.54) is 22.2 Å². The first-order valence-electron chi connectivity index (χ1n) is 10.4. The van der Waals surface area contributed by atoms with Crippen molar-refractivity contribution >= 4 is 56.7 Å². The number of amides is 1. The van der Waals surface area contributed by atoms with E-state index in [9.17, 15) is 4.79 Å². The van der Waals surface area contributed by atoms with Gasteiger partial charge in [0.15, 0.2) is 5.16 Å². The summed E-state index contributed by atoms with van der Waals surface area (Å²) in [5.74, 6) is 0.955. The van der Waals surface area contributed by atoms with Crippen LogP contribution in [0.15, 0.2) is 34.4 Å². The zero-order valence-corrected chi connectivity index (χ0v) is 21.3. The average molecular weight is 490 g/mol. The van der Waals surface area contributed by atoms with Crippen molar-refractivity contribution in [2.75, 3.05) is 18.2 Å². The van der Waals surface area contributed by atoms with Crippen molar-refractivity contribution in [3.63, 3.8) is 0 Å². The van der Waals surface area contributed by atoms with Crippen LogP contribution in [0.1, 0.15) is 38.1 Å². The second-order valence-corrected chi connectivity index (χ2v) is 12.0. The van der Waals surface area contributed by atoms with Crippen LogP contribution in [0.5, 0.6) is 5.75 Å². The van der Waals surface area contributed by atoms with E-state index < -0.39 is 0 Å². The SMILES string of the molecule is COc1ccc(NC(=O)CSc2nc(SC(C)C)nc3sc4c(c23)CC(C)(C)OC4)cc1. The lowest BCUT2D eigenvalue weighted by Crippen LogP contribution is -2.31. The van der Waals surface area contributed by atoms with Crippen LogP contribution in [0, 0.1) is 0 Å². The van der Waals surface area contributed by atoms with Gasteiger partial charge < -0.3 is 14.8 Å². The molecule has 0 bridgehead atoms. The minimum atomic E-state index is -0.222. The monoisotopic (exact) mass is 489 g/mol. The maximum absolute atomic E-state index is 12.6. The number of hydrogen-bond donors (Lipinski definition) is 1. The fraction of sp³-hybridized carbons (Fsp3) is 0.435. The molecule has 3 heterocycles. The molecule has 1 aliphatic heterocycles. The van der Waals surface area contributed by atoms with Gasteiger partial charge in [-0.25, -0.2) is 9.97 Å². The predicted octanol–water partition coefficient (Wildman–Crippen LogP) is 5.78. The Balaban J connectivity index is 1.59. The molecule has 4 rings (SSSR count). The van der Waals surface area contributed by atoms with Crippen molar-refractivity contribution in [3.05, 3.63) is 34.7 Å². The number of methoxy groups -OCH3 is 1. The quantitative estimate of drug-likeness (QED) is 0.256. The molecule has 1 aromatic carbocycles. The summed E-state index contributed by atoms with van der Waals surface area (Å²) >= 11 is 4.79. The number of carbonyl (C=O) groups excluding carboxylic acids is 1. The van der Waals surface area contributed by atoms with E-state index in [0.29, 0.717) is 11.9 Å². The number of benzene rings is 1. The summed E-state index contributed by atoms with van der Waals surface area (Å²) in [6.07, 6.45) is 0.813. The van der Waals surface area contributed by atoms with Crippen LogP contribution in [0.4, 0.5) is 5.69 Å². The highest BCUT2D eigenvalue weighted by Crippen LogP contribution is 2.42. The second-order valence-electron chi connectivity index (χ2n) is 8.45. The third kappa shape index (κ3) is 5.39. The van der Waals surface area contributed by atoms with Gasteiger partial charge in [-0.05, 0) is 43.7 Å². The van der Waals surface area contributed by atoms with Crippen LogP contribution in [-0.4, -0.2) is 39.6 Å². The van der Waals surface area contributed by atoms with Gasteiger partial charge in [0.1, 0.15) is 15.6 Å². The van der Waals surface area contributed by atoms with Gasteiger partial charge in [0.05, 0.1) is 25.1 Å². The molecule has 3 aromatic rings. The largest absolute Gasteiger partial charge is 0.497 e. The Hall–Kier alpha value is -1.81. The van der Waals surface area contributed by atoms with Crippen LogP contribution in [0.25, 0.3) is 10.2 Å². The number of anilines is 1. The van der Waals surface area contributed by atoms with Crippen molar-refractivity contribution in [2.24, 2.45) is 0 Å². The molecule has 6 nitrogen and oxygen atoms in total. The van der Waals surface area contributed by atoms with Crippen molar-refractivity contribution in [1.29, 1.82) is 0 Å². The number of aromatic nitrogens is 2. The van der Waals surface area contributed by atoms with E-state index in [1.54, 1.807) is 30.2 Å². The number of nitrogens with one attached hydrogen (secondary N) is 1. The van der Waals surface area contributed by atoms with Crippen molar-refractivity contribution < 1.29 is 14.3 Å². The van der Waals surface area contributed by atoms with Gasteiger partial charge in [0.2, 0.25) is 5.91 Å². The molecule has 170 valence electrons. The number of nitrogens with zero attached hydrogens (tertiary/aromatic N) is 2. The highest BCUT2D eigenvalue weighted by molar-refractivity contribution is 8.00. The van der Waals surface area contributed by atoms with E-state index >= 15 is 0 Å². The summed E-state index contributed by atoms with van der Waals surface area (Å²) in [5.41, 5.74) is 1.78. The van der Waals surface area contributed by atoms with Gasteiger partial charge in [-0.3, -0.25) is 4.79 Å². The Morgan fingerprint density at radius 3 is 2.72 bits per heavy atom. The lowest BCUT2D eigenvalue weighted by atomic mass is 9.95. The molecule has 0 saturated heterocycles. The molecule has 9 heteroatoms. The zero-order valence-electron chi connectivity index (χ0n) is 18.9. The Bertz CT molecular complexity index is 1130. The third-order valence-corrected chi connectivity index (χ3v) is 7.87. The lowest BCUT2D eigenvalue weighted by molar-refractivity contribution is -0.113. The normalized spacial score (nSPS) is 15.1. The molecule has 0 saturated carbocycles. The number of hydrogen-bond acceptors (Lipinski definition) is 8. The number of fused-ring (bicyclic) bond motifs is 3. The van der Waals surface area contributed by atoms with Crippen LogP contribution in [0.2, 0.25) is 0 Å². The van der Waals surface area contributed by atoms with Crippen molar-refractivity contribution in [1.82, 2.24) is 9.97 Å². The minimum absolute atomic E-state index is 0.0715. The minimum Gasteiger partial charge on any atom is -0.497 e. The summed E-state index contributed by atoms with van der Waals surface area (Å²) in [5, 5.41) is 6.03. The highest BCUT2D eigenvalue weighted by atomic mass is 32.2. The van der Waals surface area contributed by atoms with Gasteiger partial charge in [-0.15, -0.1) is 11.3 Å². The first kappa shape index (κ1) is 23.4. The number of carbonyl (C=O) groups is 1. The van der Waals surface area contributed by atoms with Crippen LogP contribution in [-0.2, 0) is 22.6 Å². The number of ether oxygens (including phenoxy) is 2. The molecule has 0 aliphatic carbocycles. The van der Waals surface area contributed by atoms with E-state index in [2.05, 4.69) is 33.0 Å². The molecule has 2 aromatic heterocycles. The Kier molecular flexibility index (Phi) is 7.00. The first-order valence-corrected chi connectivity index (χ1v) is 13.1. The topological polar surface area (TPSA) is 73.3 Å². The van der Waals surface area contributed by atoms with E-state index in [4.69, 9.17) is 19.4 Å². The smallest absolute Gasteiger partial charge is 0.234 e. The third-order valence-electron chi connectivity index (χ3n) is 4.93. The average Bonchev–Trinajstić information content (AvgIpc) is 3.08. The van der Waals surface area contributed by atoms with Crippen molar-refractivity contribution in [2.45, 2.75) is 61.8 Å². The van der Waals surface area contributed by atoms with Crippen LogP contribution in [0.3, 0.4) is 0 Å². The summed E-state index contributed by atoms with van der Waals surface area (Å²) in [6, 6.07) is 7.32.